The first-order chi connectivity index (χ1) is 7.99. The summed E-state index contributed by atoms with van der Waals surface area (Å²) in [6, 6.07) is 5.70. The number of carbonyl (C=O) groups is 1. The number of thioether (sulfide) groups is 1. The molecule has 1 aromatic rings. The van der Waals surface area contributed by atoms with E-state index < -0.39 is 15.8 Å². The molecule has 0 aromatic heterocycles. The minimum absolute atomic E-state index is 0.0319. The van der Waals surface area contributed by atoms with Crippen molar-refractivity contribution in [3.63, 3.8) is 0 Å². The molecule has 0 aliphatic rings. The zero-order chi connectivity index (χ0) is 12.9. The Labute approximate surface area is 105 Å². The molecule has 4 nitrogen and oxygen atoms in total. The first-order valence-corrected chi connectivity index (χ1v) is 7.92. The molecule has 0 aliphatic carbocycles. The largest absolute Gasteiger partial charge is 0.478 e. The van der Waals surface area contributed by atoms with Crippen molar-refractivity contribution in [2.45, 2.75) is 11.8 Å². The van der Waals surface area contributed by atoms with Crippen LogP contribution < -0.4 is 0 Å². The third-order valence-corrected chi connectivity index (χ3v) is 5.08. The third-order valence-electron chi connectivity index (χ3n) is 2.15. The van der Waals surface area contributed by atoms with E-state index in [1.807, 2.05) is 6.92 Å². The molecular formula is C11H14O4S2. The fourth-order valence-electron chi connectivity index (χ4n) is 1.34. The molecule has 0 fully saturated rings. The highest BCUT2D eigenvalue weighted by atomic mass is 32.2. The average Bonchev–Trinajstić information content (AvgIpc) is 2.29. The second-order valence-corrected chi connectivity index (χ2v) is 6.79. The van der Waals surface area contributed by atoms with E-state index in [4.69, 9.17) is 5.11 Å². The molecule has 6 heteroatoms. The van der Waals surface area contributed by atoms with Gasteiger partial charge in [0.25, 0.3) is 0 Å². The van der Waals surface area contributed by atoms with E-state index in [0.29, 0.717) is 5.75 Å². The van der Waals surface area contributed by atoms with Gasteiger partial charge < -0.3 is 5.11 Å². The molecule has 0 amide bonds. The Morgan fingerprint density at radius 3 is 2.59 bits per heavy atom. The second kappa shape index (κ2) is 6.07. The van der Waals surface area contributed by atoms with Crippen molar-refractivity contribution in [3.05, 3.63) is 29.8 Å². The van der Waals surface area contributed by atoms with Crippen molar-refractivity contribution in [1.82, 2.24) is 0 Å². The first-order valence-electron chi connectivity index (χ1n) is 5.12. The molecule has 94 valence electrons. The summed E-state index contributed by atoms with van der Waals surface area (Å²) in [4.78, 5) is 10.8. The van der Waals surface area contributed by atoms with Crippen LogP contribution in [0, 0.1) is 0 Å². The molecule has 17 heavy (non-hydrogen) atoms. The van der Waals surface area contributed by atoms with Crippen molar-refractivity contribution >= 4 is 27.6 Å². The highest BCUT2D eigenvalue weighted by Gasteiger charge is 2.21. The Morgan fingerprint density at radius 1 is 1.35 bits per heavy atom. The third kappa shape index (κ3) is 3.74. The van der Waals surface area contributed by atoms with Gasteiger partial charge in [0, 0.05) is 5.75 Å². The van der Waals surface area contributed by atoms with Gasteiger partial charge in [0.1, 0.15) is 0 Å². The Hall–Kier alpha value is -1.01. The molecule has 1 rings (SSSR count). The number of carboxylic acid groups (broad SMARTS) is 1. The lowest BCUT2D eigenvalue weighted by Crippen LogP contribution is -2.13. The standard InChI is InChI=1S/C11H14O4S2/c1-2-16-7-8-17(14,15)10-6-4-3-5-9(10)11(12)13/h3-6H,2,7-8H2,1H3,(H,12,13). The van der Waals surface area contributed by atoms with E-state index in [2.05, 4.69) is 0 Å². The van der Waals surface area contributed by atoms with E-state index in [-0.39, 0.29) is 16.2 Å². The maximum atomic E-state index is 12.0. The molecule has 1 N–H and O–H groups in total. The van der Waals surface area contributed by atoms with Crippen molar-refractivity contribution in [2.75, 3.05) is 17.3 Å². The Bertz CT molecular complexity index is 494. The molecule has 1 aromatic carbocycles. The lowest BCUT2D eigenvalue weighted by Gasteiger charge is -2.06. The summed E-state index contributed by atoms with van der Waals surface area (Å²) in [5.41, 5.74) is -0.158. The molecule has 0 aliphatic heterocycles. The molecule has 0 radical (unpaired) electrons. The molecule has 0 atom stereocenters. The van der Waals surface area contributed by atoms with E-state index in [9.17, 15) is 13.2 Å². The normalized spacial score (nSPS) is 11.4. The van der Waals surface area contributed by atoms with Crippen LogP contribution in [0.25, 0.3) is 0 Å². The Balaban J connectivity index is 3.02. The van der Waals surface area contributed by atoms with Gasteiger partial charge in [-0.05, 0) is 17.9 Å². The zero-order valence-electron chi connectivity index (χ0n) is 9.42. The van der Waals surface area contributed by atoms with Gasteiger partial charge in [0.05, 0.1) is 16.2 Å². The van der Waals surface area contributed by atoms with Crippen LogP contribution in [0.15, 0.2) is 29.2 Å². The summed E-state index contributed by atoms with van der Waals surface area (Å²) >= 11 is 1.52. The number of sulfone groups is 1. The summed E-state index contributed by atoms with van der Waals surface area (Å²) in [6.07, 6.45) is 0. The number of aromatic carboxylic acids is 1. The number of carboxylic acids is 1. The van der Waals surface area contributed by atoms with Gasteiger partial charge in [-0.25, -0.2) is 13.2 Å². The van der Waals surface area contributed by atoms with Gasteiger partial charge >= 0.3 is 5.97 Å². The quantitative estimate of drug-likeness (QED) is 0.802. The molecule has 0 unspecified atom stereocenters. The second-order valence-electron chi connectivity index (χ2n) is 3.32. The summed E-state index contributed by atoms with van der Waals surface area (Å²) in [5, 5.41) is 8.93. The van der Waals surface area contributed by atoms with Crippen LogP contribution in [0.1, 0.15) is 17.3 Å². The van der Waals surface area contributed by atoms with Crippen LogP contribution >= 0.6 is 11.8 Å². The molecule has 0 saturated heterocycles. The van der Waals surface area contributed by atoms with Crippen LogP contribution in [-0.2, 0) is 9.84 Å². The van der Waals surface area contributed by atoms with Crippen LogP contribution in [0.4, 0.5) is 0 Å². The van der Waals surface area contributed by atoms with Crippen molar-refractivity contribution < 1.29 is 18.3 Å². The summed E-state index contributed by atoms with van der Waals surface area (Å²) in [5.74, 6) is 0.0749. The van der Waals surface area contributed by atoms with Gasteiger partial charge in [0.15, 0.2) is 9.84 Å². The van der Waals surface area contributed by atoms with Crippen LogP contribution in [0.5, 0.6) is 0 Å². The fraction of sp³-hybridized carbons (Fsp3) is 0.364. The summed E-state index contributed by atoms with van der Waals surface area (Å²) in [7, 11) is -3.51. The van der Waals surface area contributed by atoms with Crippen LogP contribution in [0.3, 0.4) is 0 Å². The maximum Gasteiger partial charge on any atom is 0.337 e. The molecule has 0 heterocycles. The molecule has 0 bridgehead atoms. The number of rotatable bonds is 6. The highest BCUT2D eigenvalue weighted by molar-refractivity contribution is 8.00. The number of benzene rings is 1. The van der Waals surface area contributed by atoms with Crippen molar-refractivity contribution in [2.24, 2.45) is 0 Å². The van der Waals surface area contributed by atoms with Gasteiger partial charge in [-0.2, -0.15) is 11.8 Å². The van der Waals surface area contributed by atoms with E-state index in [1.165, 1.54) is 36.0 Å². The van der Waals surface area contributed by atoms with E-state index in [0.717, 1.165) is 5.75 Å². The summed E-state index contributed by atoms with van der Waals surface area (Å²) < 4.78 is 23.9. The lowest BCUT2D eigenvalue weighted by atomic mass is 10.2. The average molecular weight is 274 g/mol. The van der Waals surface area contributed by atoms with Gasteiger partial charge in [-0.15, -0.1) is 0 Å². The smallest absolute Gasteiger partial charge is 0.337 e. The fourth-order valence-corrected chi connectivity index (χ4v) is 3.97. The maximum absolute atomic E-state index is 12.0. The van der Waals surface area contributed by atoms with Crippen LogP contribution in [0.2, 0.25) is 0 Å². The Morgan fingerprint density at radius 2 is 2.00 bits per heavy atom. The minimum atomic E-state index is -3.51. The first kappa shape index (κ1) is 14.1. The number of hydrogen-bond acceptors (Lipinski definition) is 4. The van der Waals surface area contributed by atoms with Crippen molar-refractivity contribution in [3.8, 4) is 0 Å². The topological polar surface area (TPSA) is 71.4 Å². The lowest BCUT2D eigenvalue weighted by molar-refractivity contribution is 0.0692. The monoisotopic (exact) mass is 274 g/mol. The van der Waals surface area contributed by atoms with Gasteiger partial charge in [-0.1, -0.05) is 19.1 Å². The Kier molecular flexibility index (Phi) is 5.02. The number of hydrogen-bond donors (Lipinski definition) is 1. The highest BCUT2D eigenvalue weighted by Crippen LogP contribution is 2.18. The zero-order valence-corrected chi connectivity index (χ0v) is 11.1. The SMILES string of the molecule is CCSCCS(=O)(=O)c1ccccc1C(=O)O. The minimum Gasteiger partial charge on any atom is -0.478 e. The van der Waals surface area contributed by atoms with Crippen molar-refractivity contribution in [1.29, 1.82) is 0 Å². The van der Waals surface area contributed by atoms with E-state index >= 15 is 0 Å². The molecule has 0 saturated carbocycles. The summed E-state index contributed by atoms with van der Waals surface area (Å²) in [6.45, 7) is 1.95. The predicted octanol–water partition coefficient (Wildman–Crippen LogP) is 1.91. The van der Waals surface area contributed by atoms with E-state index in [1.54, 1.807) is 0 Å². The van der Waals surface area contributed by atoms with Crippen LogP contribution in [-0.4, -0.2) is 36.8 Å². The van der Waals surface area contributed by atoms with Gasteiger partial charge in [0.2, 0.25) is 0 Å². The van der Waals surface area contributed by atoms with Gasteiger partial charge in [-0.3, -0.25) is 0 Å². The predicted molar refractivity (Wildman–Crippen MR) is 68.5 cm³/mol. The molecule has 0 spiro atoms. The molecular weight excluding hydrogens is 260 g/mol.